The van der Waals surface area contributed by atoms with Gasteiger partial charge in [-0.1, -0.05) is 61.5 Å². The molecule has 1 fully saturated rings. The van der Waals surface area contributed by atoms with Crippen molar-refractivity contribution in [3.63, 3.8) is 0 Å². The number of nitrogens with two attached hydrogens (primary N) is 1. The van der Waals surface area contributed by atoms with E-state index in [2.05, 4.69) is 27.6 Å². The van der Waals surface area contributed by atoms with Crippen molar-refractivity contribution in [1.82, 2.24) is 34.9 Å². The highest BCUT2D eigenvalue weighted by Gasteiger charge is 2.35. The van der Waals surface area contributed by atoms with Gasteiger partial charge in [0, 0.05) is 58.1 Å². The average molecular weight is 891 g/mol. The highest BCUT2D eigenvalue weighted by Crippen LogP contribution is 2.28. The molecular weight excluding hydrogens is 825 g/mol. The van der Waals surface area contributed by atoms with Crippen LogP contribution in [0, 0.1) is 0 Å². The summed E-state index contributed by atoms with van der Waals surface area (Å²) in [6, 6.07) is 18.0. The molecule has 0 aliphatic carbocycles. The van der Waals surface area contributed by atoms with Gasteiger partial charge < -0.3 is 50.1 Å². The molecule has 4 aromatic rings. The second-order valence-corrected chi connectivity index (χ2v) is 16.1. The van der Waals surface area contributed by atoms with E-state index >= 15 is 0 Å². The van der Waals surface area contributed by atoms with Gasteiger partial charge in [-0.15, -0.1) is 0 Å². The first-order valence-corrected chi connectivity index (χ1v) is 22.2. The van der Waals surface area contributed by atoms with Crippen LogP contribution in [0.5, 0.6) is 0 Å². The van der Waals surface area contributed by atoms with Gasteiger partial charge in [0.1, 0.15) is 5.52 Å². The first kappa shape index (κ1) is 49.9. The van der Waals surface area contributed by atoms with Gasteiger partial charge >= 0.3 is 0 Å². The second-order valence-electron chi connectivity index (χ2n) is 16.1. The largest absolute Gasteiger partial charge is 0.388 e. The molecule has 2 aromatic carbocycles. The zero-order valence-corrected chi connectivity index (χ0v) is 37.3. The number of nitrogens with zero attached hydrogens (tertiary/aromatic N) is 5. The Hall–Kier alpha value is -5.08. The van der Waals surface area contributed by atoms with Gasteiger partial charge in [0.2, 0.25) is 17.7 Å². The van der Waals surface area contributed by atoms with Crippen LogP contribution in [-0.2, 0) is 58.2 Å². The molecule has 64 heavy (non-hydrogen) atoms. The lowest BCUT2D eigenvalue weighted by Gasteiger charge is -2.38. The average Bonchev–Trinajstić information content (AvgIpc) is 3.63. The van der Waals surface area contributed by atoms with Crippen molar-refractivity contribution in [3.8, 4) is 11.3 Å². The van der Waals surface area contributed by atoms with E-state index < -0.39 is 5.60 Å². The van der Waals surface area contributed by atoms with Crippen molar-refractivity contribution in [3.05, 3.63) is 82.4 Å². The molecule has 1 atom stereocenters. The maximum absolute atomic E-state index is 13.6. The van der Waals surface area contributed by atoms with Crippen LogP contribution in [0.3, 0.4) is 0 Å². The van der Waals surface area contributed by atoms with Crippen molar-refractivity contribution in [1.29, 1.82) is 0 Å². The number of aliphatic hydroxyl groups is 1. The van der Waals surface area contributed by atoms with Crippen LogP contribution in [0.25, 0.3) is 22.3 Å². The Balaban J connectivity index is 0.912. The minimum absolute atomic E-state index is 0.0623. The summed E-state index contributed by atoms with van der Waals surface area (Å²) in [6.45, 7) is 8.89. The van der Waals surface area contributed by atoms with Gasteiger partial charge in [0.15, 0.2) is 5.52 Å². The number of aromatic nitrogens is 4. The fraction of sp³-hybridized carbons (Fsp3) is 0.565. The first-order valence-electron chi connectivity index (χ1n) is 22.2. The lowest BCUT2D eigenvalue weighted by molar-refractivity contribution is -0.136. The zero-order valence-electron chi connectivity index (χ0n) is 37.3. The normalized spacial score (nSPS) is 14.2. The van der Waals surface area contributed by atoms with Crippen molar-refractivity contribution in [2.45, 2.75) is 70.1 Å². The minimum Gasteiger partial charge on any atom is -0.388 e. The summed E-state index contributed by atoms with van der Waals surface area (Å²) in [4.78, 5) is 55.9. The standard InChI is InChI=1S/C46H66N8O10/c1-35(37-7-4-3-5-8-37)31-41(57)53-19-15-46(59,16-20-53)33-54-34-50-42-43(45(54)58)51-52(2)44(42)38-11-9-36(10-12-38)32-48-17-6-18-49-40(56)14-22-61-24-26-63-28-30-64-29-27-62-25-23-60-21-13-39(47)55/h3-5,7-12,34-35,48,59H,6,13-33H2,1-2H3,(H2,47,55)(H,49,56). The molecule has 2 aromatic heterocycles. The summed E-state index contributed by atoms with van der Waals surface area (Å²) < 4.78 is 30.1. The quantitative estimate of drug-likeness (QED) is 0.0553. The molecule has 0 saturated carbocycles. The number of fused-ring (bicyclic) bond motifs is 1. The molecule has 350 valence electrons. The minimum atomic E-state index is -1.14. The fourth-order valence-corrected chi connectivity index (χ4v) is 7.33. The topological polar surface area (TPSA) is 224 Å². The number of carbonyl (C=O) groups excluding carboxylic acids is 3. The maximum Gasteiger partial charge on any atom is 0.281 e. The predicted molar refractivity (Wildman–Crippen MR) is 240 cm³/mol. The Morgan fingerprint density at radius 1 is 0.812 bits per heavy atom. The molecule has 0 radical (unpaired) electrons. The molecule has 0 bridgehead atoms. The summed E-state index contributed by atoms with van der Waals surface area (Å²) in [5.74, 6) is -0.280. The molecule has 5 N–H and O–H groups in total. The molecule has 18 heteroatoms. The first-order chi connectivity index (χ1) is 31.0. The molecular formula is C46H66N8O10. The Morgan fingerprint density at radius 2 is 1.41 bits per heavy atom. The highest BCUT2D eigenvalue weighted by atomic mass is 16.6. The SMILES string of the molecule is CC(CC(=O)N1CCC(O)(Cn2cnc3c(-c4ccc(CNCCCNC(=O)CCOCCOCCOCCOCCOCCC(N)=O)cc4)n(C)nc3c2=O)CC1)c1ccccc1. The van der Waals surface area contributed by atoms with E-state index in [9.17, 15) is 24.3 Å². The lowest BCUT2D eigenvalue weighted by atomic mass is 9.90. The molecule has 1 aliphatic heterocycles. The number of carbonyl (C=O) groups is 3. The number of piperidine rings is 1. The summed E-state index contributed by atoms with van der Waals surface area (Å²) in [6.07, 6.45) is 3.87. The summed E-state index contributed by atoms with van der Waals surface area (Å²) in [5, 5.41) is 22.4. The molecule has 5 rings (SSSR count). The number of amides is 3. The van der Waals surface area contributed by atoms with Crippen LogP contribution in [0.2, 0.25) is 0 Å². The van der Waals surface area contributed by atoms with E-state index in [1.54, 1.807) is 11.7 Å². The van der Waals surface area contributed by atoms with Gasteiger partial charge in [-0.05, 0) is 42.9 Å². The van der Waals surface area contributed by atoms with Gasteiger partial charge in [-0.3, -0.25) is 28.4 Å². The van der Waals surface area contributed by atoms with E-state index in [1.807, 2.05) is 59.5 Å². The molecule has 1 saturated heterocycles. The van der Waals surface area contributed by atoms with Crippen molar-refractivity contribution >= 4 is 28.8 Å². The summed E-state index contributed by atoms with van der Waals surface area (Å²) >= 11 is 0. The van der Waals surface area contributed by atoms with Gasteiger partial charge in [-0.25, -0.2) is 4.98 Å². The van der Waals surface area contributed by atoms with E-state index in [1.165, 1.54) is 10.9 Å². The van der Waals surface area contributed by atoms with E-state index in [0.29, 0.717) is 117 Å². The smallest absolute Gasteiger partial charge is 0.281 e. The molecule has 18 nitrogen and oxygen atoms in total. The maximum atomic E-state index is 13.6. The lowest BCUT2D eigenvalue weighted by Crippen LogP contribution is -2.49. The third-order valence-corrected chi connectivity index (χ3v) is 11.0. The van der Waals surface area contributed by atoms with Crippen LogP contribution in [-0.4, -0.2) is 145 Å². The van der Waals surface area contributed by atoms with Crippen LogP contribution in [0.4, 0.5) is 0 Å². The fourth-order valence-electron chi connectivity index (χ4n) is 7.33. The van der Waals surface area contributed by atoms with Crippen LogP contribution >= 0.6 is 0 Å². The zero-order chi connectivity index (χ0) is 45.6. The Morgan fingerprint density at radius 3 is 2.02 bits per heavy atom. The number of primary amides is 1. The van der Waals surface area contributed by atoms with Gasteiger partial charge in [0.25, 0.3) is 5.56 Å². The van der Waals surface area contributed by atoms with Crippen LogP contribution in [0.15, 0.2) is 65.7 Å². The summed E-state index contributed by atoms with van der Waals surface area (Å²) in [7, 11) is 1.79. The predicted octanol–water partition coefficient (Wildman–Crippen LogP) is 2.29. The van der Waals surface area contributed by atoms with E-state index in [4.69, 9.17) is 29.4 Å². The Bertz CT molecular complexity index is 2090. The number of benzene rings is 2. The molecule has 1 unspecified atom stereocenters. The highest BCUT2D eigenvalue weighted by molar-refractivity contribution is 5.89. The second kappa shape index (κ2) is 26.6. The number of ether oxygens (including phenoxy) is 5. The molecule has 0 spiro atoms. The van der Waals surface area contributed by atoms with Crippen LogP contribution in [0.1, 0.15) is 62.5 Å². The Labute approximate surface area is 374 Å². The monoisotopic (exact) mass is 890 g/mol. The van der Waals surface area contributed by atoms with Gasteiger partial charge in [0.05, 0.1) is 90.2 Å². The third kappa shape index (κ3) is 16.5. The molecule has 3 amide bonds. The number of likely N-dealkylation sites (tertiary alicyclic amines) is 1. The number of nitrogens with one attached hydrogen (secondary N) is 2. The van der Waals surface area contributed by atoms with Gasteiger partial charge in [-0.2, -0.15) is 5.10 Å². The number of aryl methyl sites for hydroxylation is 1. The number of hydrogen-bond acceptors (Lipinski definition) is 13. The van der Waals surface area contributed by atoms with Crippen molar-refractivity contribution in [2.24, 2.45) is 12.8 Å². The van der Waals surface area contributed by atoms with E-state index in [0.717, 1.165) is 35.3 Å². The third-order valence-electron chi connectivity index (χ3n) is 11.0. The van der Waals surface area contributed by atoms with E-state index in [-0.39, 0.29) is 54.1 Å². The molecule has 3 heterocycles. The number of rotatable bonds is 30. The van der Waals surface area contributed by atoms with Crippen molar-refractivity contribution < 1.29 is 43.2 Å². The van der Waals surface area contributed by atoms with Crippen LogP contribution < -0.4 is 21.9 Å². The Kier molecular flexibility index (Phi) is 20.8. The number of hydrogen-bond donors (Lipinski definition) is 4. The molecule has 1 aliphatic rings. The summed E-state index contributed by atoms with van der Waals surface area (Å²) in [5.41, 5.74) is 8.11. The van der Waals surface area contributed by atoms with Crippen molar-refractivity contribution in [2.75, 3.05) is 92.2 Å².